The van der Waals surface area contributed by atoms with E-state index in [9.17, 15) is 9.59 Å². The molecule has 0 amide bonds. The van der Waals surface area contributed by atoms with E-state index in [1.807, 2.05) is 0 Å². The number of fused-ring (bicyclic) bond motifs is 1. The third-order valence-corrected chi connectivity index (χ3v) is 4.17. The maximum atomic E-state index is 12.5. The largest absolute Gasteiger partial charge is 0.292 e. The molecular formula is C16H9Cl3N2O2. The van der Waals surface area contributed by atoms with Crippen molar-refractivity contribution in [1.82, 2.24) is 9.55 Å². The van der Waals surface area contributed by atoms with Crippen LogP contribution in [-0.2, 0) is 6.54 Å². The molecule has 1 aromatic heterocycles. The molecule has 0 radical (unpaired) electrons. The molecule has 0 saturated heterocycles. The summed E-state index contributed by atoms with van der Waals surface area (Å²) in [6.07, 6.45) is 1.29. The summed E-state index contributed by atoms with van der Waals surface area (Å²) in [5.74, 6) is -0.285. The van der Waals surface area contributed by atoms with Crippen molar-refractivity contribution in [3.63, 3.8) is 0 Å². The quantitative estimate of drug-likeness (QED) is 0.651. The molecule has 0 fully saturated rings. The normalized spacial score (nSPS) is 10.9. The fourth-order valence-electron chi connectivity index (χ4n) is 2.23. The summed E-state index contributed by atoms with van der Waals surface area (Å²) >= 11 is 18.0. The fourth-order valence-corrected chi connectivity index (χ4v) is 3.02. The zero-order valence-electron chi connectivity index (χ0n) is 11.6. The topological polar surface area (TPSA) is 52.0 Å². The van der Waals surface area contributed by atoms with Crippen LogP contribution in [0, 0.1) is 0 Å². The Morgan fingerprint density at radius 1 is 1.09 bits per heavy atom. The number of Topliss-reactive ketones (excluding diaryl/α,β-unsaturated/α-hetero) is 1. The summed E-state index contributed by atoms with van der Waals surface area (Å²) in [7, 11) is 0. The van der Waals surface area contributed by atoms with E-state index < -0.39 is 0 Å². The number of ketones is 1. The molecule has 3 rings (SSSR count). The number of carbonyl (C=O) groups is 1. The second-order valence-electron chi connectivity index (χ2n) is 4.86. The summed E-state index contributed by atoms with van der Waals surface area (Å²) in [5.41, 5.74) is 0.313. The van der Waals surface area contributed by atoms with Crippen molar-refractivity contribution in [2.75, 3.05) is 0 Å². The van der Waals surface area contributed by atoms with Gasteiger partial charge in [-0.15, -0.1) is 0 Å². The van der Waals surface area contributed by atoms with Gasteiger partial charge in [-0.3, -0.25) is 14.2 Å². The lowest BCUT2D eigenvalue weighted by Gasteiger charge is -2.08. The summed E-state index contributed by atoms with van der Waals surface area (Å²) in [4.78, 5) is 29.0. The molecular weight excluding hydrogens is 359 g/mol. The molecule has 0 saturated carbocycles. The molecule has 0 bridgehead atoms. The average Bonchev–Trinajstić information content (AvgIpc) is 2.51. The van der Waals surface area contributed by atoms with Gasteiger partial charge in [0.1, 0.15) is 0 Å². The molecule has 0 spiro atoms. The van der Waals surface area contributed by atoms with Gasteiger partial charge in [0.2, 0.25) is 0 Å². The molecule has 0 unspecified atom stereocenters. The van der Waals surface area contributed by atoms with Gasteiger partial charge in [-0.05, 0) is 24.3 Å². The van der Waals surface area contributed by atoms with E-state index in [1.165, 1.54) is 23.0 Å². The maximum Gasteiger partial charge on any atom is 0.261 e. The minimum absolute atomic E-state index is 0.171. The smallest absolute Gasteiger partial charge is 0.261 e. The number of carbonyl (C=O) groups excluding carboxylic acids is 1. The van der Waals surface area contributed by atoms with Crippen molar-refractivity contribution in [1.29, 1.82) is 0 Å². The Kier molecular flexibility index (Phi) is 4.39. The van der Waals surface area contributed by atoms with E-state index in [0.717, 1.165) is 0 Å². The van der Waals surface area contributed by atoms with Gasteiger partial charge in [-0.2, -0.15) is 0 Å². The van der Waals surface area contributed by atoms with Crippen molar-refractivity contribution in [3.8, 4) is 0 Å². The van der Waals surface area contributed by atoms with E-state index in [2.05, 4.69) is 4.98 Å². The molecule has 4 nitrogen and oxygen atoms in total. The predicted octanol–water partition coefficient (Wildman–Crippen LogP) is 4.24. The molecule has 0 aliphatic rings. The standard InChI is InChI=1S/C16H9Cl3N2O2/c17-9-5-11-15(13(19)6-9)20-8-21(16(11)23)7-14(22)10-3-1-2-4-12(10)18/h1-6,8H,7H2. The van der Waals surface area contributed by atoms with Crippen LogP contribution in [0.25, 0.3) is 10.9 Å². The first-order valence-corrected chi connectivity index (χ1v) is 7.72. The molecule has 7 heteroatoms. The number of aromatic nitrogens is 2. The van der Waals surface area contributed by atoms with E-state index in [0.29, 0.717) is 21.1 Å². The number of hydrogen-bond donors (Lipinski definition) is 0. The van der Waals surface area contributed by atoms with Crippen LogP contribution in [-0.4, -0.2) is 15.3 Å². The summed E-state index contributed by atoms with van der Waals surface area (Å²) < 4.78 is 1.21. The van der Waals surface area contributed by atoms with Crippen LogP contribution in [0.1, 0.15) is 10.4 Å². The summed E-state index contributed by atoms with van der Waals surface area (Å²) in [6.45, 7) is -0.171. The zero-order valence-corrected chi connectivity index (χ0v) is 13.9. The predicted molar refractivity (Wildman–Crippen MR) is 91.8 cm³/mol. The Morgan fingerprint density at radius 3 is 2.57 bits per heavy atom. The Labute approximate surface area is 146 Å². The zero-order chi connectivity index (χ0) is 16.6. The minimum atomic E-state index is -0.389. The molecule has 23 heavy (non-hydrogen) atoms. The Balaban J connectivity index is 2.05. The molecule has 116 valence electrons. The number of benzene rings is 2. The molecule has 0 N–H and O–H groups in total. The molecule has 2 aromatic carbocycles. The Bertz CT molecular complexity index is 983. The highest BCUT2D eigenvalue weighted by Crippen LogP contribution is 2.24. The van der Waals surface area contributed by atoms with Crippen molar-refractivity contribution >= 4 is 51.5 Å². The van der Waals surface area contributed by atoms with Gasteiger partial charge >= 0.3 is 0 Å². The van der Waals surface area contributed by atoms with Gasteiger partial charge in [0.05, 0.1) is 33.8 Å². The minimum Gasteiger partial charge on any atom is -0.292 e. The number of rotatable bonds is 3. The van der Waals surface area contributed by atoms with Crippen LogP contribution in [0.4, 0.5) is 0 Å². The molecule has 0 aliphatic carbocycles. The highest BCUT2D eigenvalue weighted by atomic mass is 35.5. The van der Waals surface area contributed by atoms with Crippen molar-refractivity contribution < 1.29 is 4.79 Å². The highest BCUT2D eigenvalue weighted by Gasteiger charge is 2.14. The van der Waals surface area contributed by atoms with Gasteiger partial charge in [0.25, 0.3) is 5.56 Å². The molecule has 1 heterocycles. The van der Waals surface area contributed by atoms with E-state index >= 15 is 0 Å². The van der Waals surface area contributed by atoms with Crippen LogP contribution in [0.15, 0.2) is 47.5 Å². The second kappa shape index (κ2) is 6.32. The van der Waals surface area contributed by atoms with Crippen LogP contribution in [0.2, 0.25) is 15.1 Å². The Hall–Kier alpha value is -1.88. The van der Waals surface area contributed by atoms with Crippen LogP contribution in [0.3, 0.4) is 0 Å². The summed E-state index contributed by atoms with van der Waals surface area (Å²) in [6, 6.07) is 9.66. The molecule has 0 aliphatic heterocycles. The Morgan fingerprint density at radius 2 is 1.83 bits per heavy atom. The maximum absolute atomic E-state index is 12.5. The average molecular weight is 368 g/mol. The first-order chi connectivity index (χ1) is 11.0. The van der Waals surface area contributed by atoms with Crippen LogP contribution >= 0.6 is 34.8 Å². The molecule has 0 atom stereocenters. The number of hydrogen-bond acceptors (Lipinski definition) is 3. The lowest BCUT2D eigenvalue weighted by atomic mass is 10.1. The highest BCUT2D eigenvalue weighted by molar-refractivity contribution is 6.38. The van der Waals surface area contributed by atoms with Gasteiger partial charge in [0, 0.05) is 10.6 Å². The van der Waals surface area contributed by atoms with Gasteiger partial charge in [-0.1, -0.05) is 46.9 Å². The number of nitrogens with zero attached hydrogens (tertiary/aromatic N) is 2. The van der Waals surface area contributed by atoms with Gasteiger partial charge in [0.15, 0.2) is 5.78 Å². The molecule has 3 aromatic rings. The third kappa shape index (κ3) is 3.11. The van der Waals surface area contributed by atoms with E-state index in [1.54, 1.807) is 24.3 Å². The van der Waals surface area contributed by atoms with E-state index in [-0.39, 0.29) is 28.3 Å². The van der Waals surface area contributed by atoms with Crippen LogP contribution in [0.5, 0.6) is 0 Å². The van der Waals surface area contributed by atoms with Gasteiger partial charge in [-0.25, -0.2) is 4.98 Å². The SMILES string of the molecule is O=C(Cn1cnc2c(Cl)cc(Cl)cc2c1=O)c1ccccc1Cl. The first kappa shape index (κ1) is 16.0. The van der Waals surface area contributed by atoms with Crippen LogP contribution < -0.4 is 5.56 Å². The monoisotopic (exact) mass is 366 g/mol. The van der Waals surface area contributed by atoms with Crippen molar-refractivity contribution in [3.05, 3.63) is 73.7 Å². The van der Waals surface area contributed by atoms with Crippen molar-refractivity contribution in [2.45, 2.75) is 6.54 Å². The lowest BCUT2D eigenvalue weighted by molar-refractivity contribution is 0.0971. The first-order valence-electron chi connectivity index (χ1n) is 6.59. The number of halogens is 3. The fraction of sp³-hybridized carbons (Fsp3) is 0.0625. The van der Waals surface area contributed by atoms with Gasteiger partial charge < -0.3 is 0 Å². The third-order valence-electron chi connectivity index (χ3n) is 3.33. The summed E-state index contributed by atoms with van der Waals surface area (Å²) in [5, 5.41) is 1.22. The lowest BCUT2D eigenvalue weighted by Crippen LogP contribution is -2.25. The second-order valence-corrected chi connectivity index (χ2v) is 6.12. The van der Waals surface area contributed by atoms with Crippen molar-refractivity contribution in [2.24, 2.45) is 0 Å². The van der Waals surface area contributed by atoms with E-state index in [4.69, 9.17) is 34.8 Å².